The van der Waals surface area contributed by atoms with Crippen molar-refractivity contribution in [3.8, 4) is 17.6 Å². The Morgan fingerprint density at radius 1 is 1.12 bits per heavy atom. The molecule has 0 aliphatic carbocycles. The fourth-order valence-corrected chi connectivity index (χ4v) is 2.22. The van der Waals surface area contributed by atoms with Crippen LogP contribution in [0.25, 0.3) is 0 Å². The summed E-state index contributed by atoms with van der Waals surface area (Å²) in [6.45, 7) is 7.05. The largest absolute Gasteiger partial charge is 0.497 e. The van der Waals surface area contributed by atoms with Gasteiger partial charge in [0.15, 0.2) is 0 Å². The van der Waals surface area contributed by atoms with E-state index in [1.54, 1.807) is 36.4 Å². The molecular formula is C22H24FNO2. The molecule has 0 heterocycles. The first-order valence-electron chi connectivity index (χ1n) is 8.52. The molecule has 0 unspecified atom stereocenters. The van der Waals surface area contributed by atoms with E-state index >= 15 is 0 Å². The van der Waals surface area contributed by atoms with Crippen molar-refractivity contribution in [1.29, 1.82) is 0 Å². The minimum absolute atomic E-state index is 0.102. The first-order chi connectivity index (χ1) is 12.3. The molecule has 0 aliphatic heterocycles. The topological polar surface area (TPSA) is 38.3 Å². The number of ether oxygens (including phenoxy) is 1. The van der Waals surface area contributed by atoms with Crippen molar-refractivity contribution in [2.45, 2.75) is 27.2 Å². The van der Waals surface area contributed by atoms with Crippen LogP contribution in [0.5, 0.6) is 5.75 Å². The number of hydrogen-bond acceptors (Lipinski definition) is 2. The lowest BCUT2D eigenvalue weighted by atomic mass is 9.92. The van der Waals surface area contributed by atoms with E-state index in [9.17, 15) is 9.18 Å². The molecule has 136 valence electrons. The van der Waals surface area contributed by atoms with Crippen LogP contribution in [0.4, 0.5) is 4.39 Å². The summed E-state index contributed by atoms with van der Waals surface area (Å²) in [5, 5.41) is 2.91. The van der Waals surface area contributed by atoms with Crippen LogP contribution in [0.1, 0.15) is 48.7 Å². The zero-order valence-electron chi connectivity index (χ0n) is 15.7. The zero-order chi connectivity index (χ0) is 19.2. The molecule has 0 aliphatic rings. The first-order valence-corrected chi connectivity index (χ1v) is 8.52. The van der Waals surface area contributed by atoms with Gasteiger partial charge in [0.2, 0.25) is 0 Å². The minimum atomic E-state index is -0.424. The SMILES string of the molecule is COc1ccc(C#Cc2ccc(C(=O)NCCC(C)(C)C)cc2)c(F)c1. The predicted octanol–water partition coefficient (Wildman–Crippen LogP) is 4.40. The van der Waals surface area contributed by atoms with Gasteiger partial charge in [-0.2, -0.15) is 0 Å². The van der Waals surface area contributed by atoms with Crippen LogP contribution >= 0.6 is 0 Å². The lowest BCUT2D eigenvalue weighted by molar-refractivity contribution is 0.0949. The summed E-state index contributed by atoms with van der Waals surface area (Å²) < 4.78 is 18.8. The molecule has 1 N–H and O–H groups in total. The van der Waals surface area contributed by atoms with Gasteiger partial charge in [0.05, 0.1) is 12.7 Å². The Morgan fingerprint density at radius 3 is 2.38 bits per heavy atom. The Morgan fingerprint density at radius 2 is 1.81 bits per heavy atom. The molecule has 0 atom stereocenters. The van der Waals surface area contributed by atoms with E-state index in [-0.39, 0.29) is 11.3 Å². The molecule has 0 aromatic heterocycles. The second-order valence-corrected chi connectivity index (χ2v) is 7.24. The third-order valence-corrected chi connectivity index (χ3v) is 3.83. The maximum atomic E-state index is 13.9. The normalized spacial score (nSPS) is 10.7. The molecule has 3 nitrogen and oxygen atoms in total. The van der Waals surface area contributed by atoms with Gasteiger partial charge in [0.25, 0.3) is 5.91 Å². The summed E-state index contributed by atoms with van der Waals surface area (Å²) in [6, 6.07) is 11.5. The highest BCUT2D eigenvalue weighted by molar-refractivity contribution is 5.94. The van der Waals surface area contributed by atoms with Gasteiger partial charge in [-0.25, -0.2) is 4.39 Å². The summed E-state index contributed by atoms with van der Waals surface area (Å²) in [5.74, 6) is 5.63. The van der Waals surface area contributed by atoms with Crippen LogP contribution in [-0.4, -0.2) is 19.6 Å². The highest BCUT2D eigenvalue weighted by atomic mass is 19.1. The number of benzene rings is 2. The quantitative estimate of drug-likeness (QED) is 0.828. The fraction of sp³-hybridized carbons (Fsp3) is 0.318. The number of halogens is 1. The first kappa shape index (κ1) is 19.5. The van der Waals surface area contributed by atoms with Gasteiger partial charge < -0.3 is 10.1 Å². The summed E-state index contributed by atoms with van der Waals surface area (Å²) in [7, 11) is 1.49. The minimum Gasteiger partial charge on any atom is -0.497 e. The maximum Gasteiger partial charge on any atom is 0.251 e. The second kappa shape index (κ2) is 8.53. The van der Waals surface area contributed by atoms with Crippen LogP contribution in [0.3, 0.4) is 0 Å². The molecular weight excluding hydrogens is 329 g/mol. The number of methoxy groups -OCH3 is 1. The smallest absolute Gasteiger partial charge is 0.251 e. The summed E-state index contributed by atoms with van der Waals surface area (Å²) in [6.07, 6.45) is 0.912. The van der Waals surface area contributed by atoms with Gasteiger partial charge in [0, 0.05) is 23.7 Å². The van der Waals surface area contributed by atoms with Gasteiger partial charge >= 0.3 is 0 Å². The molecule has 2 aromatic rings. The molecule has 2 aromatic carbocycles. The second-order valence-electron chi connectivity index (χ2n) is 7.24. The molecule has 0 radical (unpaired) electrons. The zero-order valence-corrected chi connectivity index (χ0v) is 15.7. The van der Waals surface area contributed by atoms with E-state index in [1.807, 2.05) is 0 Å². The van der Waals surface area contributed by atoms with E-state index in [2.05, 4.69) is 37.9 Å². The van der Waals surface area contributed by atoms with Crippen molar-refractivity contribution >= 4 is 5.91 Å². The number of carbonyl (C=O) groups is 1. The summed E-state index contributed by atoms with van der Waals surface area (Å²) >= 11 is 0. The molecule has 0 saturated carbocycles. The third-order valence-electron chi connectivity index (χ3n) is 3.83. The van der Waals surface area contributed by atoms with Crippen molar-refractivity contribution in [3.05, 3.63) is 65.0 Å². The van der Waals surface area contributed by atoms with Crippen molar-refractivity contribution in [2.75, 3.05) is 13.7 Å². The van der Waals surface area contributed by atoms with Crippen molar-refractivity contribution in [1.82, 2.24) is 5.32 Å². The molecule has 2 rings (SSSR count). The highest BCUT2D eigenvalue weighted by Gasteiger charge is 2.11. The molecule has 1 amide bonds. The van der Waals surface area contributed by atoms with Gasteiger partial charge in [-0.15, -0.1) is 0 Å². The van der Waals surface area contributed by atoms with Crippen LogP contribution in [-0.2, 0) is 0 Å². The standard InChI is InChI=1S/C22H24FNO2/c1-22(2,3)13-14-24-21(25)18-9-6-16(7-10-18)5-8-17-11-12-19(26-4)15-20(17)23/h6-7,9-12,15H,13-14H2,1-4H3,(H,24,25). The predicted molar refractivity (Wildman–Crippen MR) is 102 cm³/mol. The Bertz CT molecular complexity index is 824. The Balaban J connectivity index is 2.01. The summed E-state index contributed by atoms with van der Waals surface area (Å²) in [4.78, 5) is 12.1. The Labute approximate surface area is 154 Å². The Kier molecular flexibility index (Phi) is 6.41. The molecule has 0 saturated heterocycles. The molecule has 0 fully saturated rings. The molecule has 0 bridgehead atoms. The highest BCUT2D eigenvalue weighted by Crippen LogP contribution is 2.17. The number of carbonyl (C=O) groups excluding carboxylic acids is 1. The van der Waals surface area contributed by atoms with Gasteiger partial charge in [-0.3, -0.25) is 4.79 Å². The number of rotatable bonds is 4. The van der Waals surface area contributed by atoms with E-state index in [0.29, 0.717) is 29.0 Å². The van der Waals surface area contributed by atoms with Crippen LogP contribution in [0, 0.1) is 23.1 Å². The molecule has 26 heavy (non-hydrogen) atoms. The van der Waals surface area contributed by atoms with E-state index in [4.69, 9.17) is 4.74 Å². The fourth-order valence-electron chi connectivity index (χ4n) is 2.22. The van der Waals surface area contributed by atoms with E-state index in [0.717, 1.165) is 6.42 Å². The van der Waals surface area contributed by atoms with Crippen molar-refractivity contribution < 1.29 is 13.9 Å². The number of nitrogens with one attached hydrogen (secondary N) is 1. The average molecular weight is 353 g/mol. The van der Waals surface area contributed by atoms with Crippen LogP contribution < -0.4 is 10.1 Å². The molecule has 4 heteroatoms. The number of amides is 1. The van der Waals surface area contributed by atoms with Crippen molar-refractivity contribution in [3.63, 3.8) is 0 Å². The number of hydrogen-bond donors (Lipinski definition) is 1. The van der Waals surface area contributed by atoms with Gasteiger partial charge in [0.1, 0.15) is 11.6 Å². The third kappa shape index (κ3) is 5.93. The summed E-state index contributed by atoms with van der Waals surface area (Å²) in [5.41, 5.74) is 1.78. The average Bonchev–Trinajstić information content (AvgIpc) is 2.60. The monoisotopic (exact) mass is 353 g/mol. The van der Waals surface area contributed by atoms with Crippen molar-refractivity contribution in [2.24, 2.45) is 5.41 Å². The van der Waals surface area contributed by atoms with E-state index < -0.39 is 5.82 Å². The Hall–Kier alpha value is -2.80. The van der Waals surface area contributed by atoms with Crippen LogP contribution in [0.2, 0.25) is 0 Å². The van der Waals surface area contributed by atoms with Crippen LogP contribution in [0.15, 0.2) is 42.5 Å². The lowest BCUT2D eigenvalue weighted by Crippen LogP contribution is -2.27. The molecule has 0 spiro atoms. The van der Waals surface area contributed by atoms with E-state index in [1.165, 1.54) is 13.2 Å². The maximum absolute atomic E-state index is 13.9. The van der Waals surface area contributed by atoms with Gasteiger partial charge in [-0.05, 0) is 48.2 Å². The van der Waals surface area contributed by atoms with Gasteiger partial charge in [-0.1, -0.05) is 32.6 Å². The lowest BCUT2D eigenvalue weighted by Gasteiger charge is -2.18.